The van der Waals surface area contributed by atoms with Crippen molar-refractivity contribution >= 4 is 5.97 Å². The van der Waals surface area contributed by atoms with E-state index in [1.54, 1.807) is 9.58 Å². The largest absolute Gasteiger partial charge is 0.480 e. The molecule has 1 aliphatic heterocycles. The number of aromatic nitrogens is 2. The van der Waals surface area contributed by atoms with E-state index in [9.17, 15) is 9.90 Å². The smallest absolute Gasteiger partial charge is 0.321 e. The molecule has 2 heterocycles. The molecule has 0 aromatic carbocycles. The zero-order valence-corrected chi connectivity index (χ0v) is 10.7. The lowest BCUT2D eigenvalue weighted by Crippen LogP contribution is -2.35. The van der Waals surface area contributed by atoms with Gasteiger partial charge in [0.1, 0.15) is 6.04 Å². The van der Waals surface area contributed by atoms with Gasteiger partial charge < -0.3 is 10.2 Å². The van der Waals surface area contributed by atoms with Gasteiger partial charge in [0.2, 0.25) is 0 Å². The molecule has 0 amide bonds. The fourth-order valence-corrected chi connectivity index (χ4v) is 2.41. The third-order valence-electron chi connectivity index (χ3n) is 3.42. The highest BCUT2D eigenvalue weighted by Crippen LogP contribution is 2.21. The number of hydrogen-bond acceptors (Lipinski definition) is 4. The maximum absolute atomic E-state index is 11.1. The van der Waals surface area contributed by atoms with E-state index < -0.39 is 18.1 Å². The van der Waals surface area contributed by atoms with Crippen LogP contribution in [-0.2, 0) is 24.8 Å². The van der Waals surface area contributed by atoms with Crippen LogP contribution in [0.3, 0.4) is 0 Å². The second-order valence-corrected chi connectivity index (χ2v) is 4.78. The molecule has 2 atom stereocenters. The minimum absolute atomic E-state index is 0.299. The van der Waals surface area contributed by atoms with Gasteiger partial charge in [-0.15, -0.1) is 0 Å². The van der Waals surface area contributed by atoms with E-state index in [-0.39, 0.29) is 0 Å². The van der Waals surface area contributed by atoms with Crippen LogP contribution in [0.25, 0.3) is 0 Å². The first-order valence-corrected chi connectivity index (χ1v) is 6.18. The maximum atomic E-state index is 11.1. The number of aliphatic carboxylic acids is 1. The first-order chi connectivity index (χ1) is 8.51. The van der Waals surface area contributed by atoms with Gasteiger partial charge in [-0.2, -0.15) is 5.10 Å². The Morgan fingerprint density at radius 1 is 1.61 bits per heavy atom. The summed E-state index contributed by atoms with van der Waals surface area (Å²) < 4.78 is 1.78. The summed E-state index contributed by atoms with van der Waals surface area (Å²) >= 11 is 0. The van der Waals surface area contributed by atoms with Crippen molar-refractivity contribution < 1.29 is 15.0 Å². The lowest BCUT2D eigenvalue weighted by Gasteiger charge is -2.20. The molecule has 2 unspecified atom stereocenters. The molecule has 6 heteroatoms. The Morgan fingerprint density at radius 3 is 2.89 bits per heavy atom. The highest BCUT2D eigenvalue weighted by molar-refractivity contribution is 5.74. The summed E-state index contributed by atoms with van der Waals surface area (Å²) in [5.41, 5.74) is 1.98. The molecule has 2 rings (SSSR count). The molecule has 18 heavy (non-hydrogen) atoms. The van der Waals surface area contributed by atoms with Gasteiger partial charge in [-0.1, -0.05) is 6.92 Å². The monoisotopic (exact) mass is 253 g/mol. The van der Waals surface area contributed by atoms with Crippen molar-refractivity contribution in [3.05, 3.63) is 17.5 Å². The number of aryl methyl sites for hydroxylation is 2. The van der Waals surface area contributed by atoms with Gasteiger partial charge in [-0.3, -0.25) is 14.4 Å². The quantitative estimate of drug-likeness (QED) is 0.790. The van der Waals surface area contributed by atoms with Gasteiger partial charge >= 0.3 is 5.97 Å². The number of carboxylic acid groups (broad SMARTS) is 1. The van der Waals surface area contributed by atoms with Crippen LogP contribution in [0.5, 0.6) is 0 Å². The molecular formula is C12H19N3O3. The summed E-state index contributed by atoms with van der Waals surface area (Å²) in [6.07, 6.45) is 0.608. The van der Waals surface area contributed by atoms with E-state index in [4.69, 9.17) is 5.11 Å². The average molecular weight is 253 g/mol. The minimum atomic E-state index is -0.871. The second kappa shape index (κ2) is 5.07. The van der Waals surface area contributed by atoms with E-state index in [0.717, 1.165) is 17.8 Å². The first kappa shape index (κ1) is 13.0. The molecule has 1 aromatic heterocycles. The van der Waals surface area contributed by atoms with E-state index in [2.05, 4.69) is 5.10 Å². The molecule has 0 spiro atoms. The minimum Gasteiger partial charge on any atom is -0.480 e. The maximum Gasteiger partial charge on any atom is 0.321 e. The van der Waals surface area contributed by atoms with Gasteiger partial charge in [-0.05, 0) is 12.5 Å². The lowest BCUT2D eigenvalue weighted by molar-refractivity contribution is -0.142. The molecule has 0 aliphatic carbocycles. The van der Waals surface area contributed by atoms with Crippen LogP contribution in [0.2, 0.25) is 0 Å². The molecule has 1 saturated heterocycles. The highest BCUT2D eigenvalue weighted by Gasteiger charge is 2.36. The van der Waals surface area contributed by atoms with Gasteiger partial charge in [-0.25, -0.2) is 0 Å². The number of aliphatic hydroxyl groups is 1. The predicted molar refractivity (Wildman–Crippen MR) is 65.0 cm³/mol. The summed E-state index contributed by atoms with van der Waals surface area (Å²) in [6, 6.07) is 1.39. The van der Waals surface area contributed by atoms with Crippen LogP contribution in [0.15, 0.2) is 6.07 Å². The van der Waals surface area contributed by atoms with E-state index in [1.165, 1.54) is 0 Å². The van der Waals surface area contributed by atoms with Crippen molar-refractivity contribution in [1.29, 1.82) is 0 Å². The Labute approximate surface area is 106 Å². The molecule has 6 nitrogen and oxygen atoms in total. The molecule has 0 radical (unpaired) electrons. The number of nitrogens with zero attached hydrogens (tertiary/aromatic N) is 3. The van der Waals surface area contributed by atoms with Crippen LogP contribution < -0.4 is 0 Å². The van der Waals surface area contributed by atoms with Crippen molar-refractivity contribution in [2.24, 2.45) is 7.05 Å². The summed E-state index contributed by atoms with van der Waals surface area (Å²) in [4.78, 5) is 12.9. The Morgan fingerprint density at radius 2 is 2.33 bits per heavy atom. The molecule has 1 aromatic rings. The number of aliphatic hydroxyl groups excluding tert-OH is 1. The predicted octanol–water partition coefficient (Wildman–Crippen LogP) is 0.00230. The molecule has 1 fully saturated rings. The number of carboxylic acids is 1. The molecule has 0 saturated carbocycles. The van der Waals surface area contributed by atoms with Crippen molar-refractivity contribution in [3.63, 3.8) is 0 Å². The van der Waals surface area contributed by atoms with Crippen molar-refractivity contribution in [1.82, 2.24) is 14.7 Å². The van der Waals surface area contributed by atoms with E-state index in [0.29, 0.717) is 19.5 Å². The van der Waals surface area contributed by atoms with Gasteiger partial charge in [0.05, 0.1) is 17.5 Å². The van der Waals surface area contributed by atoms with Crippen LogP contribution in [-0.4, -0.2) is 49.6 Å². The van der Waals surface area contributed by atoms with Crippen molar-refractivity contribution in [2.45, 2.75) is 38.5 Å². The van der Waals surface area contributed by atoms with E-state index >= 15 is 0 Å². The van der Waals surface area contributed by atoms with Crippen molar-refractivity contribution in [2.75, 3.05) is 6.54 Å². The zero-order chi connectivity index (χ0) is 13.3. The first-order valence-electron chi connectivity index (χ1n) is 6.18. The van der Waals surface area contributed by atoms with E-state index in [1.807, 2.05) is 20.0 Å². The van der Waals surface area contributed by atoms with Gasteiger partial charge in [0.25, 0.3) is 0 Å². The third-order valence-corrected chi connectivity index (χ3v) is 3.42. The fraction of sp³-hybridized carbons (Fsp3) is 0.667. The number of carbonyl (C=O) groups is 1. The molecule has 2 N–H and O–H groups in total. The highest BCUT2D eigenvalue weighted by atomic mass is 16.4. The Bertz CT molecular complexity index is 444. The summed E-state index contributed by atoms with van der Waals surface area (Å²) in [7, 11) is 1.86. The zero-order valence-electron chi connectivity index (χ0n) is 10.7. The molecule has 100 valence electrons. The topological polar surface area (TPSA) is 78.6 Å². The van der Waals surface area contributed by atoms with Crippen LogP contribution in [0, 0.1) is 0 Å². The Kier molecular flexibility index (Phi) is 3.68. The number of β-amino-alcohol motifs (C(OH)–C–C–N with tert-alkyl or cyclic N) is 1. The van der Waals surface area contributed by atoms with Crippen LogP contribution in [0.4, 0.5) is 0 Å². The summed E-state index contributed by atoms with van der Waals surface area (Å²) in [6.45, 7) is 2.95. The van der Waals surface area contributed by atoms with Gasteiger partial charge in [0.15, 0.2) is 0 Å². The van der Waals surface area contributed by atoms with Gasteiger partial charge in [0, 0.05) is 26.6 Å². The third kappa shape index (κ3) is 2.54. The van der Waals surface area contributed by atoms with Crippen LogP contribution >= 0.6 is 0 Å². The summed E-state index contributed by atoms with van der Waals surface area (Å²) in [5, 5.41) is 23.1. The Balaban J connectivity index is 2.12. The normalized spacial score (nSPS) is 24.6. The number of hydrogen-bond donors (Lipinski definition) is 2. The number of rotatable bonds is 4. The average Bonchev–Trinajstić information content (AvgIpc) is 2.83. The fourth-order valence-electron chi connectivity index (χ4n) is 2.41. The summed E-state index contributed by atoms with van der Waals surface area (Å²) in [5.74, 6) is -0.871. The van der Waals surface area contributed by atoms with Crippen LogP contribution in [0.1, 0.15) is 24.7 Å². The van der Waals surface area contributed by atoms with Crippen molar-refractivity contribution in [3.8, 4) is 0 Å². The standard InChI is InChI=1S/C12H19N3O3/c1-3-8-4-9(14(2)13-8)6-15-7-10(16)5-11(15)12(17)18/h4,10-11,16H,3,5-7H2,1-2H3,(H,17,18). The molecule has 0 bridgehead atoms. The SMILES string of the molecule is CCc1cc(CN2CC(O)CC2C(=O)O)n(C)n1. The number of likely N-dealkylation sites (tertiary alicyclic amines) is 1. The molecule has 1 aliphatic rings. The second-order valence-electron chi connectivity index (χ2n) is 4.78. The Hall–Kier alpha value is -1.40. The lowest BCUT2D eigenvalue weighted by atomic mass is 10.2. The molecular weight excluding hydrogens is 234 g/mol.